The SMILES string of the molecule is Nc1ncnc2c1ncn2[C@@H]1O[C@H](COP(=O)(OCc2ccccc2)C(C2O[C@H]([C@H](O)CO)[C@@H](O)[C@H](O)[C@@H]2O)P(=O)(O)OCc2ccccc2)[C@@H](O)[C@H]1O. The van der Waals surface area contributed by atoms with E-state index in [4.69, 9.17) is 28.8 Å². The molecule has 2 aliphatic rings. The predicted molar refractivity (Wildman–Crippen MR) is 185 cm³/mol. The Hall–Kier alpha value is -3.27. The van der Waals surface area contributed by atoms with Crippen molar-refractivity contribution in [3.8, 4) is 0 Å². The van der Waals surface area contributed by atoms with E-state index in [1.807, 2.05) is 0 Å². The lowest BCUT2D eigenvalue weighted by Crippen LogP contribution is -2.63. The molecule has 10 N–H and O–H groups in total. The Morgan fingerprint density at radius 3 is 2.02 bits per heavy atom. The molecule has 0 bridgehead atoms. The second-order valence-electron chi connectivity index (χ2n) is 12.7. The van der Waals surface area contributed by atoms with E-state index < -0.39 is 108 Å². The number of nitrogens with zero attached hydrogens (tertiary/aromatic N) is 4. The van der Waals surface area contributed by atoms with Crippen LogP contribution in [0.15, 0.2) is 73.3 Å². The standard InChI is InChI=1S/C32H41N5O15P2/c33-29-21-30(35-15-34-29)37(16-36-21)31-26(44)22(40)20(51-31)14-50-54(47,49-13-18-9-5-2-6-10-18)32(53(45,46)48-12-17-7-3-1-4-8-17)28-25(43)23(41)24(42)27(52-28)19(39)11-38/h1-10,15-16,19-20,22-28,31-32,38-44H,11-14H2,(H,45,46)(H2,33,34,35)/t19-,20-,22-,23+,24+,25+,26-,27-,28?,31-,32?,54?/m1/s1. The van der Waals surface area contributed by atoms with Gasteiger partial charge in [0.1, 0.15) is 66.8 Å². The van der Waals surface area contributed by atoms with Gasteiger partial charge in [-0.15, -0.1) is 0 Å². The number of aromatic nitrogens is 4. The van der Waals surface area contributed by atoms with E-state index in [0.717, 1.165) is 6.33 Å². The highest BCUT2D eigenvalue weighted by atomic mass is 31.2. The second kappa shape index (κ2) is 16.8. The molecule has 0 saturated carbocycles. The third kappa shape index (κ3) is 8.29. The van der Waals surface area contributed by atoms with Crippen LogP contribution in [0.2, 0.25) is 0 Å². The molecular formula is C32H41N5O15P2. The number of nitrogen functional groups attached to an aromatic ring is 1. The first kappa shape index (κ1) is 40.4. The summed E-state index contributed by atoms with van der Waals surface area (Å²) >= 11 is 0. The minimum Gasteiger partial charge on any atom is -0.394 e. The Labute approximate surface area is 307 Å². The number of anilines is 1. The Kier molecular flexibility index (Phi) is 12.6. The topological polar surface area (TPSA) is 312 Å². The van der Waals surface area contributed by atoms with Gasteiger partial charge in [0, 0.05) is 0 Å². The smallest absolute Gasteiger partial charge is 0.349 e. The Morgan fingerprint density at radius 2 is 1.39 bits per heavy atom. The summed E-state index contributed by atoms with van der Waals surface area (Å²) in [7, 11) is -10.7. The van der Waals surface area contributed by atoms with Crippen LogP contribution in [-0.4, -0.2) is 134 Å². The van der Waals surface area contributed by atoms with Crippen molar-refractivity contribution in [3.63, 3.8) is 0 Å². The highest BCUT2D eigenvalue weighted by Gasteiger charge is 2.61. The monoisotopic (exact) mass is 797 g/mol. The predicted octanol–water partition coefficient (Wildman–Crippen LogP) is -0.614. The van der Waals surface area contributed by atoms with Gasteiger partial charge in [-0.1, -0.05) is 60.7 Å². The second-order valence-corrected chi connectivity index (χ2v) is 17.3. The summed E-state index contributed by atoms with van der Waals surface area (Å²) in [5, 5.41) is 72.3. The number of benzene rings is 2. The summed E-state index contributed by atoms with van der Waals surface area (Å²) in [4.78, 5) is 23.8. The Bertz CT molecular complexity index is 1950. The Balaban J connectivity index is 1.36. The molecule has 0 spiro atoms. The van der Waals surface area contributed by atoms with E-state index in [2.05, 4.69) is 15.0 Å². The summed E-state index contributed by atoms with van der Waals surface area (Å²) in [5.74, 6) is 0.0376. The van der Waals surface area contributed by atoms with Crippen molar-refractivity contribution in [1.82, 2.24) is 19.5 Å². The van der Waals surface area contributed by atoms with Crippen molar-refractivity contribution in [2.75, 3.05) is 18.9 Å². The molecule has 20 nitrogen and oxygen atoms in total. The van der Waals surface area contributed by atoms with Gasteiger partial charge < -0.3 is 69.4 Å². The van der Waals surface area contributed by atoms with Crippen LogP contribution in [0, 0.1) is 0 Å². The number of hydrogen-bond donors (Lipinski definition) is 9. The maximum Gasteiger partial charge on any atom is 0.349 e. The fraction of sp³-hybridized carbons (Fsp3) is 0.469. The van der Waals surface area contributed by atoms with Crippen molar-refractivity contribution < 1.29 is 72.8 Å². The van der Waals surface area contributed by atoms with Crippen molar-refractivity contribution >= 4 is 32.2 Å². The molecule has 4 unspecified atom stereocenters. The van der Waals surface area contributed by atoms with Crippen LogP contribution >= 0.6 is 15.2 Å². The van der Waals surface area contributed by atoms with Gasteiger partial charge in [-0.05, 0) is 11.1 Å². The fourth-order valence-electron chi connectivity index (χ4n) is 6.22. The molecule has 0 aliphatic carbocycles. The first-order valence-corrected chi connectivity index (χ1v) is 19.9. The molecule has 2 aromatic carbocycles. The first-order valence-electron chi connectivity index (χ1n) is 16.6. The zero-order valence-corrected chi connectivity index (χ0v) is 30.1. The van der Waals surface area contributed by atoms with Gasteiger partial charge in [-0.25, -0.2) is 15.0 Å². The number of fused-ring (bicyclic) bond motifs is 1. The molecule has 4 heterocycles. The molecule has 294 valence electrons. The average Bonchev–Trinajstić information content (AvgIpc) is 3.73. The third-order valence-corrected chi connectivity index (χ3v) is 14.3. The molecule has 2 aliphatic heterocycles. The van der Waals surface area contributed by atoms with E-state index in [1.165, 1.54) is 10.9 Å². The molecule has 22 heteroatoms. The van der Waals surface area contributed by atoms with Gasteiger partial charge in [0.15, 0.2) is 23.1 Å². The highest BCUT2D eigenvalue weighted by Crippen LogP contribution is 2.71. The number of imidazole rings is 1. The van der Waals surface area contributed by atoms with Gasteiger partial charge in [0.05, 0.1) is 32.8 Å². The van der Waals surface area contributed by atoms with Gasteiger partial charge >= 0.3 is 15.2 Å². The molecule has 13 atom stereocenters. The van der Waals surface area contributed by atoms with Crippen LogP contribution in [0.4, 0.5) is 5.82 Å². The molecule has 2 aromatic heterocycles. The lowest BCUT2D eigenvalue weighted by atomic mass is 9.93. The highest BCUT2D eigenvalue weighted by molar-refractivity contribution is 7.72. The molecule has 0 radical (unpaired) electrons. The summed E-state index contributed by atoms with van der Waals surface area (Å²) in [5.41, 5.74) is 7.03. The maximum atomic E-state index is 15.2. The largest absolute Gasteiger partial charge is 0.394 e. The number of nitrogens with two attached hydrogens (primary N) is 1. The first-order chi connectivity index (χ1) is 25.8. The number of hydrogen-bond acceptors (Lipinski definition) is 18. The van der Waals surface area contributed by atoms with Gasteiger partial charge in [0.2, 0.25) is 0 Å². The number of ether oxygens (including phenoxy) is 2. The quantitative estimate of drug-likeness (QED) is 0.0677. The van der Waals surface area contributed by atoms with Crippen molar-refractivity contribution in [3.05, 3.63) is 84.4 Å². The average molecular weight is 798 g/mol. The van der Waals surface area contributed by atoms with Crippen molar-refractivity contribution in [1.29, 1.82) is 0 Å². The van der Waals surface area contributed by atoms with E-state index in [0.29, 0.717) is 11.1 Å². The lowest BCUT2D eigenvalue weighted by molar-refractivity contribution is -0.243. The Morgan fingerprint density at radius 1 is 0.778 bits per heavy atom. The third-order valence-electron chi connectivity index (χ3n) is 9.14. The van der Waals surface area contributed by atoms with Crippen LogP contribution < -0.4 is 5.73 Å². The molecule has 2 saturated heterocycles. The van der Waals surface area contributed by atoms with Crippen LogP contribution in [0.25, 0.3) is 11.2 Å². The maximum absolute atomic E-state index is 15.2. The molecule has 4 aromatic rings. The minimum absolute atomic E-state index is 0.0376. The summed E-state index contributed by atoms with van der Waals surface area (Å²) in [6.45, 7) is -2.94. The molecular weight excluding hydrogens is 756 g/mol. The van der Waals surface area contributed by atoms with E-state index >= 15 is 4.57 Å². The normalized spacial score (nSPS) is 30.8. The van der Waals surface area contributed by atoms with Crippen LogP contribution in [0.3, 0.4) is 0 Å². The van der Waals surface area contributed by atoms with Crippen LogP contribution in [0.1, 0.15) is 17.4 Å². The molecule has 2 fully saturated rings. The van der Waals surface area contributed by atoms with Crippen LogP contribution in [-0.2, 0) is 45.4 Å². The summed E-state index contributed by atoms with van der Waals surface area (Å²) < 4.78 is 59.6. The van der Waals surface area contributed by atoms with Crippen molar-refractivity contribution in [2.24, 2.45) is 0 Å². The zero-order chi connectivity index (χ0) is 38.8. The number of aliphatic hydroxyl groups is 7. The summed E-state index contributed by atoms with van der Waals surface area (Å²) in [6, 6.07) is 16.2. The van der Waals surface area contributed by atoms with Crippen LogP contribution in [0.5, 0.6) is 0 Å². The summed E-state index contributed by atoms with van der Waals surface area (Å²) in [6.07, 6.45) is -16.3. The number of rotatable bonds is 15. The van der Waals surface area contributed by atoms with Crippen molar-refractivity contribution in [2.45, 2.75) is 79.8 Å². The zero-order valence-electron chi connectivity index (χ0n) is 28.3. The molecule has 0 amide bonds. The van der Waals surface area contributed by atoms with Gasteiger partial charge in [-0.2, -0.15) is 0 Å². The van der Waals surface area contributed by atoms with Gasteiger partial charge in [-0.3, -0.25) is 13.7 Å². The minimum atomic E-state index is -5.43. The fourth-order valence-corrected chi connectivity index (χ4v) is 11.0. The van der Waals surface area contributed by atoms with E-state index in [1.54, 1.807) is 60.7 Å². The van der Waals surface area contributed by atoms with E-state index in [-0.39, 0.29) is 17.0 Å². The number of aliphatic hydroxyl groups excluding tert-OH is 7. The lowest BCUT2D eigenvalue weighted by Gasteiger charge is -2.45. The van der Waals surface area contributed by atoms with Gasteiger partial charge in [0.25, 0.3) is 0 Å². The molecule has 6 rings (SSSR count). The molecule has 54 heavy (non-hydrogen) atoms. The van der Waals surface area contributed by atoms with E-state index in [9.17, 15) is 45.2 Å².